The van der Waals surface area contributed by atoms with Crippen molar-refractivity contribution in [1.29, 1.82) is 0 Å². The molecular formula is C16H30N2O2. The van der Waals surface area contributed by atoms with Gasteiger partial charge in [-0.05, 0) is 51.7 Å². The van der Waals surface area contributed by atoms with Gasteiger partial charge in [-0.3, -0.25) is 4.90 Å². The summed E-state index contributed by atoms with van der Waals surface area (Å²) in [4.78, 5) is 5.24. The molecule has 3 rings (SSSR count). The van der Waals surface area contributed by atoms with Crippen molar-refractivity contribution in [2.24, 2.45) is 0 Å². The van der Waals surface area contributed by atoms with Crippen molar-refractivity contribution < 1.29 is 9.47 Å². The second-order valence-corrected chi connectivity index (χ2v) is 6.65. The molecule has 3 aliphatic heterocycles. The number of hydrogen-bond acceptors (Lipinski definition) is 4. The lowest BCUT2D eigenvalue weighted by molar-refractivity contribution is -0.149. The van der Waals surface area contributed by atoms with Gasteiger partial charge < -0.3 is 14.4 Å². The first-order valence-electron chi connectivity index (χ1n) is 8.40. The van der Waals surface area contributed by atoms with E-state index in [-0.39, 0.29) is 11.7 Å². The highest BCUT2D eigenvalue weighted by molar-refractivity contribution is 5.00. The van der Waals surface area contributed by atoms with Crippen LogP contribution in [0, 0.1) is 0 Å². The maximum absolute atomic E-state index is 6.10. The molecular weight excluding hydrogens is 252 g/mol. The Morgan fingerprint density at radius 3 is 2.60 bits per heavy atom. The van der Waals surface area contributed by atoms with Crippen molar-refractivity contribution in [3.05, 3.63) is 0 Å². The Morgan fingerprint density at radius 2 is 2.00 bits per heavy atom. The van der Waals surface area contributed by atoms with E-state index in [4.69, 9.17) is 9.47 Å². The smallest absolute Gasteiger partial charge is 0.0987 e. The topological polar surface area (TPSA) is 24.9 Å². The minimum atomic E-state index is 0.0371. The van der Waals surface area contributed by atoms with E-state index in [0.29, 0.717) is 0 Å². The monoisotopic (exact) mass is 282 g/mol. The zero-order valence-corrected chi connectivity index (χ0v) is 13.1. The largest absolute Gasteiger partial charge is 0.377 e. The zero-order chi connectivity index (χ0) is 14.0. The van der Waals surface area contributed by atoms with E-state index in [1.54, 1.807) is 0 Å². The highest BCUT2D eigenvalue weighted by atomic mass is 16.5. The number of likely N-dealkylation sites (tertiary alicyclic amines) is 2. The minimum Gasteiger partial charge on any atom is -0.377 e. The molecule has 0 aliphatic carbocycles. The summed E-state index contributed by atoms with van der Waals surface area (Å²) in [6.07, 6.45) is 6.45. The van der Waals surface area contributed by atoms with Gasteiger partial charge in [-0.2, -0.15) is 0 Å². The summed E-state index contributed by atoms with van der Waals surface area (Å²) >= 11 is 0. The molecule has 0 N–H and O–H groups in total. The Labute approximate surface area is 123 Å². The molecule has 2 atom stereocenters. The van der Waals surface area contributed by atoms with Crippen LogP contribution in [0.25, 0.3) is 0 Å². The van der Waals surface area contributed by atoms with Gasteiger partial charge in [0.15, 0.2) is 0 Å². The number of piperidine rings is 2. The lowest BCUT2D eigenvalue weighted by Gasteiger charge is -2.48. The standard InChI is InChI=1S/C16H30N2O2/c1-3-17-9-5-14(6-10-17)18-11-8-16(7-4-12-20-16)15(13-18)19-2/h14-15H,3-13H2,1-2H3/t15-,16-/m0/s1. The molecule has 3 aliphatic rings. The van der Waals surface area contributed by atoms with E-state index in [9.17, 15) is 0 Å². The molecule has 0 amide bonds. The first-order valence-corrected chi connectivity index (χ1v) is 8.40. The van der Waals surface area contributed by atoms with Crippen molar-refractivity contribution in [1.82, 2.24) is 9.80 Å². The van der Waals surface area contributed by atoms with Gasteiger partial charge in [0.2, 0.25) is 0 Å². The molecule has 1 spiro atoms. The van der Waals surface area contributed by atoms with Crippen LogP contribution in [0.15, 0.2) is 0 Å². The Hall–Kier alpha value is -0.160. The van der Waals surface area contributed by atoms with Gasteiger partial charge in [0.05, 0.1) is 11.7 Å². The van der Waals surface area contributed by atoms with Crippen molar-refractivity contribution in [3.63, 3.8) is 0 Å². The van der Waals surface area contributed by atoms with Gasteiger partial charge >= 0.3 is 0 Å². The van der Waals surface area contributed by atoms with Crippen LogP contribution >= 0.6 is 0 Å². The van der Waals surface area contributed by atoms with Crippen LogP contribution in [-0.4, -0.2) is 74.0 Å². The van der Waals surface area contributed by atoms with Gasteiger partial charge in [-0.15, -0.1) is 0 Å². The van der Waals surface area contributed by atoms with Crippen LogP contribution in [0.5, 0.6) is 0 Å². The Morgan fingerprint density at radius 1 is 1.20 bits per heavy atom. The molecule has 0 bridgehead atoms. The van der Waals surface area contributed by atoms with Crippen LogP contribution in [-0.2, 0) is 9.47 Å². The molecule has 4 heteroatoms. The van der Waals surface area contributed by atoms with Crippen molar-refractivity contribution >= 4 is 0 Å². The van der Waals surface area contributed by atoms with Crippen molar-refractivity contribution in [3.8, 4) is 0 Å². The molecule has 116 valence electrons. The summed E-state index contributed by atoms with van der Waals surface area (Å²) in [5.41, 5.74) is 0.0371. The fraction of sp³-hybridized carbons (Fsp3) is 1.00. The van der Waals surface area contributed by atoms with E-state index in [0.717, 1.165) is 25.6 Å². The first kappa shape index (κ1) is 14.8. The van der Waals surface area contributed by atoms with Crippen LogP contribution in [0.1, 0.15) is 39.0 Å². The van der Waals surface area contributed by atoms with E-state index < -0.39 is 0 Å². The third-order valence-electron chi connectivity index (χ3n) is 5.75. The summed E-state index contributed by atoms with van der Waals surface area (Å²) in [5.74, 6) is 0. The molecule has 3 heterocycles. The molecule has 0 aromatic heterocycles. The molecule has 0 unspecified atom stereocenters. The van der Waals surface area contributed by atoms with E-state index in [2.05, 4.69) is 16.7 Å². The van der Waals surface area contributed by atoms with Crippen molar-refractivity contribution in [2.75, 3.05) is 46.4 Å². The minimum absolute atomic E-state index is 0.0371. The van der Waals surface area contributed by atoms with Crippen LogP contribution in [0.2, 0.25) is 0 Å². The van der Waals surface area contributed by atoms with Gasteiger partial charge in [0.25, 0.3) is 0 Å². The average Bonchev–Trinajstić information content (AvgIpc) is 2.97. The van der Waals surface area contributed by atoms with Gasteiger partial charge in [-0.25, -0.2) is 0 Å². The normalized spacial score (nSPS) is 37.8. The van der Waals surface area contributed by atoms with E-state index in [1.165, 1.54) is 51.9 Å². The fourth-order valence-electron chi connectivity index (χ4n) is 4.36. The summed E-state index contributed by atoms with van der Waals surface area (Å²) in [6, 6.07) is 0.759. The SMILES string of the molecule is CCN1CCC(N2CC[C@@]3(CCCO3)[C@@H](OC)C2)CC1. The lowest BCUT2D eigenvalue weighted by atomic mass is 9.84. The molecule has 0 aromatic carbocycles. The number of hydrogen-bond donors (Lipinski definition) is 0. The summed E-state index contributed by atoms with van der Waals surface area (Å²) in [5, 5.41) is 0. The molecule has 3 saturated heterocycles. The Bertz CT molecular complexity index is 310. The molecule has 0 radical (unpaired) electrons. The first-order chi connectivity index (χ1) is 9.77. The van der Waals surface area contributed by atoms with Gasteiger partial charge in [0.1, 0.15) is 0 Å². The maximum Gasteiger partial charge on any atom is 0.0987 e. The number of ether oxygens (including phenoxy) is 2. The second kappa shape index (κ2) is 6.30. The average molecular weight is 282 g/mol. The molecule has 0 saturated carbocycles. The highest BCUT2D eigenvalue weighted by Gasteiger charge is 2.47. The second-order valence-electron chi connectivity index (χ2n) is 6.65. The van der Waals surface area contributed by atoms with E-state index in [1.807, 2.05) is 7.11 Å². The molecule has 3 fully saturated rings. The van der Waals surface area contributed by atoms with Crippen LogP contribution in [0.4, 0.5) is 0 Å². The third-order valence-corrected chi connectivity index (χ3v) is 5.75. The Kier molecular flexibility index (Phi) is 4.65. The number of methoxy groups -OCH3 is 1. The number of nitrogens with zero attached hydrogens (tertiary/aromatic N) is 2. The summed E-state index contributed by atoms with van der Waals surface area (Å²) in [7, 11) is 1.86. The molecule has 0 aromatic rings. The predicted molar refractivity (Wildman–Crippen MR) is 80.0 cm³/mol. The van der Waals surface area contributed by atoms with Crippen molar-refractivity contribution in [2.45, 2.75) is 56.8 Å². The third kappa shape index (κ3) is 2.76. The van der Waals surface area contributed by atoms with Crippen LogP contribution in [0.3, 0.4) is 0 Å². The fourth-order valence-corrected chi connectivity index (χ4v) is 4.36. The zero-order valence-electron chi connectivity index (χ0n) is 13.1. The molecule has 4 nitrogen and oxygen atoms in total. The predicted octanol–water partition coefficient (Wildman–Crippen LogP) is 1.74. The maximum atomic E-state index is 6.10. The summed E-state index contributed by atoms with van der Waals surface area (Å²) < 4.78 is 11.9. The van der Waals surface area contributed by atoms with Crippen LogP contribution < -0.4 is 0 Å². The Balaban J connectivity index is 1.58. The summed E-state index contributed by atoms with van der Waals surface area (Å²) in [6.45, 7) is 9.17. The quantitative estimate of drug-likeness (QED) is 0.787. The lowest BCUT2D eigenvalue weighted by Crippen LogP contribution is -2.59. The van der Waals surface area contributed by atoms with Gasteiger partial charge in [0, 0.05) is 32.8 Å². The van der Waals surface area contributed by atoms with E-state index >= 15 is 0 Å². The number of rotatable bonds is 3. The molecule has 20 heavy (non-hydrogen) atoms. The highest BCUT2D eigenvalue weighted by Crippen LogP contribution is 2.38. The van der Waals surface area contributed by atoms with Gasteiger partial charge in [-0.1, -0.05) is 6.92 Å².